The van der Waals surface area contributed by atoms with Crippen LogP contribution in [0, 0.1) is 5.92 Å². The van der Waals surface area contributed by atoms with Crippen molar-refractivity contribution >= 4 is 11.9 Å². The molecule has 35 heavy (non-hydrogen) atoms. The zero-order chi connectivity index (χ0) is 24.1. The second-order valence-electron chi connectivity index (χ2n) is 9.72. The van der Waals surface area contributed by atoms with Gasteiger partial charge < -0.3 is 15.4 Å². The van der Waals surface area contributed by atoms with Gasteiger partial charge in [0.15, 0.2) is 0 Å². The highest BCUT2D eigenvalue weighted by molar-refractivity contribution is 5.94. The van der Waals surface area contributed by atoms with E-state index in [9.17, 15) is 9.59 Å². The highest BCUT2D eigenvalue weighted by atomic mass is 16.6. The van der Waals surface area contributed by atoms with E-state index < -0.39 is 5.60 Å². The molecule has 3 aromatic rings. The fraction of sp³-hybridized carbons (Fsp3) is 0.333. The summed E-state index contributed by atoms with van der Waals surface area (Å²) in [5, 5.41) is 6.83. The van der Waals surface area contributed by atoms with Gasteiger partial charge in [-0.1, -0.05) is 78.9 Å². The lowest BCUT2D eigenvalue weighted by Gasteiger charge is -2.36. The van der Waals surface area contributed by atoms with E-state index in [1.54, 1.807) is 0 Å². The average Bonchev–Trinajstić information content (AvgIpc) is 3.16. The van der Waals surface area contributed by atoms with Gasteiger partial charge in [-0.15, -0.1) is 0 Å². The second kappa shape index (κ2) is 10.4. The maximum absolute atomic E-state index is 13.3. The van der Waals surface area contributed by atoms with E-state index in [-0.39, 0.29) is 23.8 Å². The molecule has 5 heteroatoms. The van der Waals surface area contributed by atoms with Crippen LogP contribution in [0.3, 0.4) is 0 Å². The van der Waals surface area contributed by atoms with Gasteiger partial charge in [0, 0.05) is 30.6 Å². The summed E-state index contributed by atoms with van der Waals surface area (Å²) in [6.45, 7) is 1.45. The minimum absolute atomic E-state index is 0.00506. The number of benzene rings is 3. The summed E-state index contributed by atoms with van der Waals surface area (Å²) < 4.78 is 5.86. The monoisotopic (exact) mass is 468 g/mol. The van der Waals surface area contributed by atoms with Gasteiger partial charge >= 0.3 is 5.97 Å². The van der Waals surface area contributed by atoms with Crippen LogP contribution in [-0.2, 0) is 28.1 Å². The third kappa shape index (κ3) is 5.30. The molecule has 180 valence electrons. The standard InChI is InChI=1S/C30H32N2O3/c33-28(24-15-17-30(18-16-24)27-14-8-7-13-26(27)29(34)35-30)32-25(19-22-9-3-1-4-10-22)21-31-20-23-11-5-2-6-12-23/h1-14,24-25,31H,15-21H2,(H,32,33)/t24?,25-,30?/m0/s1. The summed E-state index contributed by atoms with van der Waals surface area (Å²) in [5.41, 5.74) is 3.52. The van der Waals surface area contributed by atoms with Crippen LogP contribution in [0.25, 0.3) is 0 Å². The van der Waals surface area contributed by atoms with Gasteiger partial charge in [0.05, 0.1) is 5.56 Å². The molecule has 0 bridgehead atoms. The number of fused-ring (bicyclic) bond motifs is 2. The molecule has 0 unspecified atom stereocenters. The molecule has 2 N–H and O–H groups in total. The Labute approximate surface area is 206 Å². The van der Waals surface area contributed by atoms with Crippen molar-refractivity contribution in [3.05, 3.63) is 107 Å². The summed E-state index contributed by atoms with van der Waals surface area (Å²) in [7, 11) is 0. The van der Waals surface area contributed by atoms with Crippen LogP contribution in [0.2, 0.25) is 0 Å². The molecular weight excluding hydrogens is 436 g/mol. The zero-order valence-corrected chi connectivity index (χ0v) is 19.9. The summed E-state index contributed by atoms with van der Waals surface area (Å²) in [5.74, 6) is -0.213. The summed E-state index contributed by atoms with van der Waals surface area (Å²) >= 11 is 0. The molecule has 1 spiro atoms. The van der Waals surface area contributed by atoms with Gasteiger partial charge in [0.25, 0.3) is 0 Å². The molecule has 1 aliphatic heterocycles. The molecule has 1 fully saturated rings. The first-order chi connectivity index (χ1) is 17.1. The zero-order valence-electron chi connectivity index (χ0n) is 19.9. The van der Waals surface area contributed by atoms with Crippen molar-refractivity contribution in [2.24, 2.45) is 5.92 Å². The molecule has 1 amide bonds. The van der Waals surface area contributed by atoms with E-state index in [1.807, 2.05) is 60.7 Å². The lowest BCUT2D eigenvalue weighted by Crippen LogP contribution is -2.47. The van der Waals surface area contributed by atoms with Crippen molar-refractivity contribution < 1.29 is 14.3 Å². The van der Waals surface area contributed by atoms with Crippen LogP contribution in [0.15, 0.2) is 84.9 Å². The maximum atomic E-state index is 13.3. The predicted molar refractivity (Wildman–Crippen MR) is 136 cm³/mol. The molecule has 0 radical (unpaired) electrons. The first kappa shape index (κ1) is 23.3. The Bertz CT molecular complexity index is 1150. The third-order valence-corrected chi connectivity index (χ3v) is 7.32. The Kier molecular flexibility index (Phi) is 6.96. The fourth-order valence-electron chi connectivity index (χ4n) is 5.44. The third-order valence-electron chi connectivity index (χ3n) is 7.32. The van der Waals surface area contributed by atoms with Gasteiger partial charge in [0.2, 0.25) is 5.91 Å². The Morgan fingerprint density at radius 2 is 1.51 bits per heavy atom. The number of hydrogen-bond acceptors (Lipinski definition) is 4. The molecule has 1 atom stereocenters. The number of rotatable bonds is 8. The molecule has 0 aromatic heterocycles. The predicted octanol–water partition coefficient (Wildman–Crippen LogP) is 4.76. The van der Waals surface area contributed by atoms with Crippen LogP contribution in [-0.4, -0.2) is 24.5 Å². The molecule has 1 saturated carbocycles. The van der Waals surface area contributed by atoms with Crippen molar-refractivity contribution in [3.63, 3.8) is 0 Å². The van der Waals surface area contributed by atoms with Gasteiger partial charge in [0.1, 0.15) is 5.60 Å². The SMILES string of the molecule is O=C1OC2(CCC(C(=O)N[C@H](CNCc3ccccc3)Cc3ccccc3)CC2)c2ccccc21. The Morgan fingerprint density at radius 3 is 2.23 bits per heavy atom. The summed E-state index contributed by atoms with van der Waals surface area (Å²) in [6, 6.07) is 28.2. The first-order valence-corrected chi connectivity index (χ1v) is 12.5. The number of carbonyl (C=O) groups is 2. The summed E-state index contributed by atoms with van der Waals surface area (Å²) in [6.07, 6.45) is 3.56. The van der Waals surface area contributed by atoms with Crippen molar-refractivity contribution in [2.75, 3.05) is 6.54 Å². The number of hydrogen-bond donors (Lipinski definition) is 2. The number of amides is 1. The van der Waals surface area contributed by atoms with E-state index in [0.29, 0.717) is 37.8 Å². The highest BCUT2D eigenvalue weighted by Crippen LogP contribution is 2.48. The number of ether oxygens (including phenoxy) is 1. The fourth-order valence-corrected chi connectivity index (χ4v) is 5.44. The number of carbonyl (C=O) groups excluding carboxylic acids is 2. The van der Waals surface area contributed by atoms with Crippen molar-refractivity contribution in [1.29, 1.82) is 0 Å². The van der Waals surface area contributed by atoms with E-state index in [4.69, 9.17) is 4.74 Å². The van der Waals surface area contributed by atoms with Crippen molar-refractivity contribution in [3.8, 4) is 0 Å². The Balaban J connectivity index is 1.20. The molecule has 3 aromatic carbocycles. The van der Waals surface area contributed by atoms with Gasteiger partial charge in [-0.05, 0) is 49.3 Å². The van der Waals surface area contributed by atoms with Gasteiger partial charge in [-0.3, -0.25) is 4.79 Å². The number of esters is 1. The lowest BCUT2D eigenvalue weighted by molar-refractivity contribution is -0.128. The molecular formula is C30H32N2O3. The summed E-state index contributed by atoms with van der Waals surface area (Å²) in [4.78, 5) is 25.7. The topological polar surface area (TPSA) is 67.4 Å². The van der Waals surface area contributed by atoms with Crippen LogP contribution < -0.4 is 10.6 Å². The Hall–Kier alpha value is -3.44. The van der Waals surface area contributed by atoms with Crippen molar-refractivity contribution in [1.82, 2.24) is 10.6 Å². The molecule has 1 heterocycles. The minimum Gasteiger partial charge on any atom is -0.451 e. The van der Waals surface area contributed by atoms with Gasteiger partial charge in [-0.2, -0.15) is 0 Å². The largest absolute Gasteiger partial charge is 0.451 e. The van der Waals surface area contributed by atoms with Crippen LogP contribution in [0.5, 0.6) is 0 Å². The van der Waals surface area contributed by atoms with E-state index >= 15 is 0 Å². The van der Waals surface area contributed by atoms with Crippen molar-refractivity contribution in [2.45, 2.75) is 50.3 Å². The smallest absolute Gasteiger partial charge is 0.339 e. The Morgan fingerprint density at radius 1 is 0.886 bits per heavy atom. The molecule has 1 aliphatic carbocycles. The maximum Gasteiger partial charge on any atom is 0.339 e. The quantitative estimate of drug-likeness (QED) is 0.468. The average molecular weight is 469 g/mol. The highest BCUT2D eigenvalue weighted by Gasteiger charge is 2.48. The van der Waals surface area contributed by atoms with Crippen LogP contribution >= 0.6 is 0 Å². The second-order valence-corrected chi connectivity index (χ2v) is 9.72. The molecule has 2 aliphatic rings. The van der Waals surface area contributed by atoms with E-state index in [0.717, 1.165) is 18.5 Å². The van der Waals surface area contributed by atoms with Crippen LogP contribution in [0.1, 0.15) is 52.7 Å². The molecule has 0 saturated heterocycles. The lowest BCUT2D eigenvalue weighted by atomic mass is 9.74. The first-order valence-electron chi connectivity index (χ1n) is 12.5. The minimum atomic E-state index is -0.564. The molecule has 5 nitrogen and oxygen atoms in total. The molecule has 5 rings (SSSR count). The van der Waals surface area contributed by atoms with Gasteiger partial charge in [-0.25, -0.2) is 4.79 Å². The normalized spacial score (nSPS) is 21.8. The van der Waals surface area contributed by atoms with Crippen LogP contribution in [0.4, 0.5) is 0 Å². The van der Waals surface area contributed by atoms with E-state index in [2.05, 4.69) is 34.9 Å². The number of nitrogens with one attached hydrogen (secondary N) is 2. The van der Waals surface area contributed by atoms with E-state index in [1.165, 1.54) is 11.1 Å².